The van der Waals surface area contributed by atoms with Crippen molar-refractivity contribution in [3.05, 3.63) is 18.0 Å². The minimum Gasteiger partial charge on any atom is -0.331 e. The molecule has 1 heterocycles. The molecule has 4 nitrogen and oxygen atoms in total. The third kappa shape index (κ3) is 1.72. The molecular weight excluding hydrogens is 202 g/mol. The van der Waals surface area contributed by atoms with Gasteiger partial charge in [0.05, 0.1) is 0 Å². The van der Waals surface area contributed by atoms with Gasteiger partial charge < -0.3 is 4.90 Å². The average molecular weight is 219 g/mol. The number of carbonyl (C=O) groups is 1. The van der Waals surface area contributed by atoms with Gasteiger partial charge in [-0.25, -0.2) is 0 Å². The molecule has 16 heavy (non-hydrogen) atoms. The summed E-state index contributed by atoms with van der Waals surface area (Å²) in [5, 5.41) is 6.64. The number of hydrogen-bond donors (Lipinski definition) is 1. The summed E-state index contributed by atoms with van der Waals surface area (Å²) >= 11 is 0. The van der Waals surface area contributed by atoms with Gasteiger partial charge in [-0.3, -0.25) is 9.89 Å². The van der Waals surface area contributed by atoms with E-state index in [1.165, 1.54) is 38.5 Å². The molecule has 1 aromatic rings. The topological polar surface area (TPSA) is 49.0 Å². The number of nitrogens with one attached hydrogen (secondary N) is 1. The maximum absolute atomic E-state index is 12.3. The highest BCUT2D eigenvalue weighted by molar-refractivity contribution is 5.92. The van der Waals surface area contributed by atoms with Gasteiger partial charge in [0.25, 0.3) is 5.91 Å². The minimum atomic E-state index is 0.145. The number of aromatic nitrogens is 2. The van der Waals surface area contributed by atoms with E-state index in [0.29, 0.717) is 17.8 Å². The zero-order chi connectivity index (χ0) is 11.0. The second kappa shape index (κ2) is 3.92. The fourth-order valence-corrected chi connectivity index (χ4v) is 2.68. The van der Waals surface area contributed by atoms with Crippen LogP contribution in [0.2, 0.25) is 0 Å². The van der Waals surface area contributed by atoms with Crippen LogP contribution in [-0.2, 0) is 0 Å². The molecule has 0 aliphatic heterocycles. The van der Waals surface area contributed by atoms with E-state index in [2.05, 4.69) is 15.1 Å². The van der Waals surface area contributed by atoms with E-state index in [1.54, 1.807) is 12.3 Å². The number of hydrogen-bond acceptors (Lipinski definition) is 2. The van der Waals surface area contributed by atoms with Gasteiger partial charge in [-0.05, 0) is 31.7 Å². The highest BCUT2D eigenvalue weighted by Gasteiger charge is 2.38. The standard InChI is InChI=1S/C12H17N3O/c16-12(11-7-8-13-14-11)15(10-5-6-10)9-3-1-2-4-9/h7-10H,1-6H2,(H,13,14). The lowest BCUT2D eigenvalue weighted by atomic mass is 10.2. The zero-order valence-electron chi connectivity index (χ0n) is 9.35. The fourth-order valence-electron chi connectivity index (χ4n) is 2.68. The van der Waals surface area contributed by atoms with Crippen molar-refractivity contribution in [2.24, 2.45) is 0 Å². The van der Waals surface area contributed by atoms with E-state index < -0.39 is 0 Å². The fraction of sp³-hybridized carbons (Fsp3) is 0.667. The van der Waals surface area contributed by atoms with Crippen molar-refractivity contribution >= 4 is 5.91 Å². The first-order valence-electron chi connectivity index (χ1n) is 6.18. The Morgan fingerprint density at radius 1 is 1.25 bits per heavy atom. The van der Waals surface area contributed by atoms with Crippen molar-refractivity contribution in [1.29, 1.82) is 0 Å². The Morgan fingerprint density at radius 2 is 1.94 bits per heavy atom. The summed E-state index contributed by atoms with van der Waals surface area (Å²) in [6, 6.07) is 2.74. The molecule has 86 valence electrons. The highest BCUT2D eigenvalue weighted by Crippen LogP contribution is 2.35. The van der Waals surface area contributed by atoms with Gasteiger partial charge in [-0.15, -0.1) is 0 Å². The lowest BCUT2D eigenvalue weighted by Crippen LogP contribution is -2.40. The Kier molecular flexibility index (Phi) is 2.42. The summed E-state index contributed by atoms with van der Waals surface area (Å²) in [5.74, 6) is 0.145. The van der Waals surface area contributed by atoms with E-state index in [0.717, 1.165) is 0 Å². The van der Waals surface area contributed by atoms with Gasteiger partial charge in [0.2, 0.25) is 0 Å². The van der Waals surface area contributed by atoms with Crippen LogP contribution in [0.4, 0.5) is 0 Å². The van der Waals surface area contributed by atoms with Crippen molar-refractivity contribution < 1.29 is 4.79 Å². The maximum atomic E-state index is 12.3. The Labute approximate surface area is 95.0 Å². The van der Waals surface area contributed by atoms with Crippen LogP contribution in [-0.4, -0.2) is 33.1 Å². The molecule has 0 bridgehead atoms. The van der Waals surface area contributed by atoms with Gasteiger partial charge in [0, 0.05) is 18.3 Å². The Morgan fingerprint density at radius 3 is 2.50 bits per heavy atom. The predicted molar refractivity (Wildman–Crippen MR) is 60.0 cm³/mol. The van der Waals surface area contributed by atoms with Gasteiger partial charge in [-0.2, -0.15) is 5.10 Å². The molecule has 4 heteroatoms. The van der Waals surface area contributed by atoms with Crippen LogP contribution in [0.25, 0.3) is 0 Å². The molecule has 1 aromatic heterocycles. The van der Waals surface area contributed by atoms with Crippen molar-refractivity contribution in [3.8, 4) is 0 Å². The first kappa shape index (κ1) is 9.87. The molecule has 0 spiro atoms. The van der Waals surface area contributed by atoms with E-state index in [4.69, 9.17) is 0 Å². The summed E-state index contributed by atoms with van der Waals surface area (Å²) in [4.78, 5) is 14.4. The third-order valence-corrected chi connectivity index (χ3v) is 3.62. The normalized spacial score (nSPS) is 21.2. The number of amides is 1. The summed E-state index contributed by atoms with van der Waals surface area (Å²) in [6.07, 6.45) is 8.89. The van der Waals surface area contributed by atoms with Crippen LogP contribution in [0.1, 0.15) is 49.0 Å². The second-order valence-corrected chi connectivity index (χ2v) is 4.85. The molecule has 2 fully saturated rings. The predicted octanol–water partition coefficient (Wildman–Crippen LogP) is 1.96. The Bertz CT molecular complexity index is 364. The molecule has 0 unspecified atom stereocenters. The van der Waals surface area contributed by atoms with Crippen LogP contribution in [0.15, 0.2) is 12.3 Å². The van der Waals surface area contributed by atoms with Crippen LogP contribution in [0.3, 0.4) is 0 Å². The Balaban J connectivity index is 1.79. The SMILES string of the molecule is O=C(c1ccn[nH]1)N(C1CCCC1)C1CC1. The first-order chi connectivity index (χ1) is 7.86. The molecule has 3 rings (SSSR count). The van der Waals surface area contributed by atoms with Crippen LogP contribution >= 0.6 is 0 Å². The molecular formula is C12H17N3O. The maximum Gasteiger partial charge on any atom is 0.272 e. The number of rotatable bonds is 3. The van der Waals surface area contributed by atoms with E-state index in [-0.39, 0.29) is 5.91 Å². The Hall–Kier alpha value is -1.32. The molecule has 1 N–H and O–H groups in total. The summed E-state index contributed by atoms with van der Waals surface area (Å²) in [6.45, 7) is 0. The van der Waals surface area contributed by atoms with Gasteiger partial charge in [-0.1, -0.05) is 12.8 Å². The first-order valence-corrected chi connectivity index (χ1v) is 6.18. The zero-order valence-corrected chi connectivity index (χ0v) is 9.35. The molecule has 2 aliphatic rings. The smallest absolute Gasteiger partial charge is 0.272 e. The molecule has 2 saturated carbocycles. The summed E-state index contributed by atoms with van der Waals surface area (Å²) in [7, 11) is 0. The molecule has 0 aromatic carbocycles. The molecule has 2 aliphatic carbocycles. The number of nitrogens with zero attached hydrogens (tertiary/aromatic N) is 2. The molecule has 0 saturated heterocycles. The van der Waals surface area contributed by atoms with Crippen LogP contribution in [0, 0.1) is 0 Å². The van der Waals surface area contributed by atoms with E-state index in [1.807, 2.05) is 0 Å². The number of aromatic amines is 1. The highest BCUT2D eigenvalue weighted by atomic mass is 16.2. The minimum absolute atomic E-state index is 0.145. The monoisotopic (exact) mass is 219 g/mol. The largest absolute Gasteiger partial charge is 0.331 e. The molecule has 1 amide bonds. The summed E-state index contributed by atoms with van der Waals surface area (Å²) < 4.78 is 0. The van der Waals surface area contributed by atoms with Gasteiger partial charge in [0.1, 0.15) is 5.69 Å². The van der Waals surface area contributed by atoms with Crippen LogP contribution < -0.4 is 0 Å². The lowest BCUT2D eigenvalue weighted by Gasteiger charge is -2.28. The number of H-pyrrole nitrogens is 1. The third-order valence-electron chi connectivity index (χ3n) is 3.62. The molecule has 0 radical (unpaired) electrons. The van der Waals surface area contributed by atoms with Crippen LogP contribution in [0.5, 0.6) is 0 Å². The second-order valence-electron chi connectivity index (χ2n) is 4.85. The summed E-state index contributed by atoms with van der Waals surface area (Å²) in [5.41, 5.74) is 0.638. The van der Waals surface area contributed by atoms with Crippen molar-refractivity contribution in [1.82, 2.24) is 15.1 Å². The van der Waals surface area contributed by atoms with E-state index >= 15 is 0 Å². The van der Waals surface area contributed by atoms with Crippen molar-refractivity contribution in [3.63, 3.8) is 0 Å². The van der Waals surface area contributed by atoms with Crippen molar-refractivity contribution in [2.75, 3.05) is 0 Å². The molecule has 0 atom stereocenters. The quantitative estimate of drug-likeness (QED) is 0.844. The van der Waals surface area contributed by atoms with E-state index in [9.17, 15) is 4.79 Å². The lowest BCUT2D eigenvalue weighted by molar-refractivity contribution is 0.0658. The van der Waals surface area contributed by atoms with Gasteiger partial charge >= 0.3 is 0 Å². The van der Waals surface area contributed by atoms with Crippen molar-refractivity contribution in [2.45, 2.75) is 50.6 Å². The number of carbonyl (C=O) groups excluding carboxylic acids is 1. The van der Waals surface area contributed by atoms with Gasteiger partial charge in [0.15, 0.2) is 0 Å². The average Bonchev–Trinajstić information content (AvgIpc) is 2.83.